The van der Waals surface area contributed by atoms with Crippen LogP contribution >= 0.6 is 0 Å². The Morgan fingerprint density at radius 3 is 2.93 bits per heavy atom. The molecular formula is C21H23FN6O. The second kappa shape index (κ2) is 8.72. The van der Waals surface area contributed by atoms with E-state index in [9.17, 15) is 4.39 Å². The molecule has 1 aliphatic rings. The molecule has 1 fully saturated rings. The lowest BCUT2D eigenvalue weighted by atomic mass is 10.2. The van der Waals surface area contributed by atoms with Crippen molar-refractivity contribution in [3.8, 4) is 11.5 Å². The predicted molar refractivity (Wildman–Crippen MR) is 110 cm³/mol. The Labute approximate surface area is 168 Å². The molecule has 1 atom stereocenters. The van der Waals surface area contributed by atoms with E-state index in [1.165, 1.54) is 6.07 Å². The first-order valence-corrected chi connectivity index (χ1v) is 9.55. The summed E-state index contributed by atoms with van der Waals surface area (Å²) in [6.45, 7) is 1.89. The van der Waals surface area contributed by atoms with Crippen LogP contribution < -0.4 is 15.5 Å². The fourth-order valence-corrected chi connectivity index (χ4v) is 3.34. The average Bonchev–Trinajstić information content (AvgIpc) is 3.42. The number of benzene rings is 1. The maximum Gasteiger partial charge on any atom is 0.226 e. The van der Waals surface area contributed by atoms with E-state index in [0.717, 1.165) is 24.2 Å². The molecule has 1 unspecified atom stereocenters. The van der Waals surface area contributed by atoms with Crippen LogP contribution in [0.2, 0.25) is 0 Å². The summed E-state index contributed by atoms with van der Waals surface area (Å²) >= 11 is 0. The largest absolute Gasteiger partial charge is 0.444 e. The fraction of sp³-hybridized carbons (Fsp3) is 0.286. The van der Waals surface area contributed by atoms with Gasteiger partial charge in [-0.1, -0.05) is 18.2 Å². The van der Waals surface area contributed by atoms with Gasteiger partial charge in [0.15, 0.2) is 17.6 Å². The number of nitrogens with one attached hydrogen (secondary N) is 2. The number of anilines is 1. The van der Waals surface area contributed by atoms with Crippen molar-refractivity contribution in [2.45, 2.75) is 19.0 Å². The zero-order valence-electron chi connectivity index (χ0n) is 16.2. The number of guanidine groups is 1. The van der Waals surface area contributed by atoms with E-state index >= 15 is 0 Å². The molecule has 1 aromatic carbocycles. The van der Waals surface area contributed by atoms with E-state index in [4.69, 9.17) is 4.42 Å². The summed E-state index contributed by atoms with van der Waals surface area (Å²) in [6.07, 6.45) is 4.13. The molecule has 1 aliphatic heterocycles. The predicted octanol–water partition coefficient (Wildman–Crippen LogP) is 2.82. The van der Waals surface area contributed by atoms with E-state index in [2.05, 4.69) is 25.6 Å². The Bertz CT molecular complexity index is 974. The molecular weight excluding hydrogens is 371 g/mol. The van der Waals surface area contributed by atoms with Crippen molar-refractivity contribution in [2.75, 3.05) is 25.0 Å². The second-order valence-corrected chi connectivity index (χ2v) is 6.82. The van der Waals surface area contributed by atoms with E-state index in [-0.39, 0.29) is 11.9 Å². The van der Waals surface area contributed by atoms with Gasteiger partial charge in [-0.05, 0) is 30.7 Å². The topological polar surface area (TPSA) is 78.6 Å². The molecule has 2 N–H and O–H groups in total. The normalized spacial score (nSPS) is 16.8. The summed E-state index contributed by atoms with van der Waals surface area (Å²) in [6, 6.07) is 13.0. The van der Waals surface area contributed by atoms with Crippen LogP contribution in [0.4, 0.5) is 10.2 Å². The molecule has 4 rings (SSSR count). The molecule has 0 spiro atoms. The van der Waals surface area contributed by atoms with Gasteiger partial charge in [0.05, 0.1) is 12.2 Å². The summed E-state index contributed by atoms with van der Waals surface area (Å²) in [5, 5.41) is 6.63. The van der Waals surface area contributed by atoms with Gasteiger partial charge in [0, 0.05) is 37.9 Å². The number of hydrogen-bond acceptors (Lipinski definition) is 5. The van der Waals surface area contributed by atoms with Gasteiger partial charge in [-0.3, -0.25) is 4.99 Å². The van der Waals surface area contributed by atoms with Crippen LogP contribution in [0.15, 0.2) is 64.3 Å². The maximum absolute atomic E-state index is 14.0. The molecule has 0 saturated carbocycles. The molecule has 29 heavy (non-hydrogen) atoms. The highest BCUT2D eigenvalue weighted by molar-refractivity contribution is 5.80. The standard InChI is InChI=1S/C21H23FN6O/c1-23-21(25-12-17-14-29-20(26-17)15-6-3-2-4-7-15)27-16-9-11-28(13-16)19-18(22)8-5-10-24-19/h2-8,10,14,16H,9,11-13H2,1H3,(H2,23,25,27). The summed E-state index contributed by atoms with van der Waals surface area (Å²) in [5.74, 6) is 1.36. The minimum Gasteiger partial charge on any atom is -0.444 e. The molecule has 0 aliphatic carbocycles. The summed E-state index contributed by atoms with van der Waals surface area (Å²) in [4.78, 5) is 14.9. The minimum absolute atomic E-state index is 0.153. The van der Waals surface area contributed by atoms with Gasteiger partial charge in [-0.15, -0.1) is 0 Å². The van der Waals surface area contributed by atoms with Gasteiger partial charge in [-0.25, -0.2) is 14.4 Å². The van der Waals surface area contributed by atoms with Crippen molar-refractivity contribution in [1.29, 1.82) is 0 Å². The van der Waals surface area contributed by atoms with Crippen molar-refractivity contribution >= 4 is 11.8 Å². The van der Waals surface area contributed by atoms with Crippen molar-refractivity contribution in [3.05, 3.63) is 66.4 Å². The third-order valence-corrected chi connectivity index (χ3v) is 4.80. The number of rotatable bonds is 5. The molecule has 150 valence electrons. The van der Waals surface area contributed by atoms with Gasteiger partial charge in [0.2, 0.25) is 5.89 Å². The zero-order valence-corrected chi connectivity index (χ0v) is 16.2. The van der Waals surface area contributed by atoms with Crippen LogP contribution in [0, 0.1) is 5.82 Å². The number of aliphatic imine (C=N–C) groups is 1. The lowest BCUT2D eigenvalue weighted by Crippen LogP contribution is -2.44. The number of aromatic nitrogens is 2. The fourth-order valence-electron chi connectivity index (χ4n) is 3.34. The first-order chi connectivity index (χ1) is 14.2. The molecule has 1 saturated heterocycles. The van der Waals surface area contributed by atoms with Crippen LogP contribution in [-0.2, 0) is 6.54 Å². The Hall–Kier alpha value is -3.42. The van der Waals surface area contributed by atoms with Crippen LogP contribution in [0.1, 0.15) is 12.1 Å². The molecule has 2 aromatic heterocycles. The minimum atomic E-state index is -0.295. The van der Waals surface area contributed by atoms with Crippen molar-refractivity contribution in [2.24, 2.45) is 4.99 Å². The summed E-state index contributed by atoms with van der Waals surface area (Å²) in [7, 11) is 1.72. The quantitative estimate of drug-likeness (QED) is 0.512. The molecule has 3 aromatic rings. The van der Waals surface area contributed by atoms with E-state index < -0.39 is 0 Å². The van der Waals surface area contributed by atoms with Gasteiger partial charge < -0.3 is 20.0 Å². The monoisotopic (exact) mass is 394 g/mol. The smallest absolute Gasteiger partial charge is 0.226 e. The van der Waals surface area contributed by atoms with E-state index in [1.807, 2.05) is 35.2 Å². The Balaban J connectivity index is 1.31. The molecule has 3 heterocycles. The SMILES string of the molecule is CN=C(NCc1coc(-c2ccccc2)n1)NC1CCN(c2ncccc2F)C1. The van der Waals surface area contributed by atoms with Gasteiger partial charge in [0.25, 0.3) is 0 Å². The lowest BCUT2D eigenvalue weighted by Gasteiger charge is -2.19. The Morgan fingerprint density at radius 2 is 2.14 bits per heavy atom. The van der Waals surface area contributed by atoms with Crippen molar-refractivity contribution in [3.63, 3.8) is 0 Å². The van der Waals surface area contributed by atoms with Gasteiger partial charge in [0.1, 0.15) is 6.26 Å². The molecule has 0 bridgehead atoms. The third kappa shape index (κ3) is 4.53. The van der Waals surface area contributed by atoms with Crippen LogP contribution in [0.5, 0.6) is 0 Å². The van der Waals surface area contributed by atoms with Crippen LogP contribution in [0.3, 0.4) is 0 Å². The first kappa shape index (κ1) is 18.9. The highest BCUT2D eigenvalue weighted by Crippen LogP contribution is 2.21. The molecule has 0 radical (unpaired) electrons. The Kier molecular flexibility index (Phi) is 5.69. The number of pyridine rings is 1. The number of nitrogens with zero attached hydrogens (tertiary/aromatic N) is 4. The third-order valence-electron chi connectivity index (χ3n) is 4.80. The molecule has 0 amide bonds. The van der Waals surface area contributed by atoms with E-state index in [1.54, 1.807) is 25.6 Å². The van der Waals surface area contributed by atoms with Crippen molar-refractivity contribution < 1.29 is 8.81 Å². The number of halogens is 1. The van der Waals surface area contributed by atoms with Gasteiger partial charge >= 0.3 is 0 Å². The van der Waals surface area contributed by atoms with Crippen LogP contribution in [-0.4, -0.2) is 42.1 Å². The average molecular weight is 394 g/mol. The highest BCUT2D eigenvalue weighted by Gasteiger charge is 2.26. The summed E-state index contributed by atoms with van der Waals surface area (Å²) in [5.41, 5.74) is 1.73. The maximum atomic E-state index is 14.0. The first-order valence-electron chi connectivity index (χ1n) is 9.55. The van der Waals surface area contributed by atoms with Crippen LogP contribution in [0.25, 0.3) is 11.5 Å². The Morgan fingerprint density at radius 1 is 1.28 bits per heavy atom. The summed E-state index contributed by atoms with van der Waals surface area (Å²) < 4.78 is 19.5. The van der Waals surface area contributed by atoms with Gasteiger partial charge in [-0.2, -0.15) is 0 Å². The second-order valence-electron chi connectivity index (χ2n) is 6.82. The number of hydrogen-bond donors (Lipinski definition) is 2. The molecule has 8 heteroatoms. The zero-order chi connectivity index (χ0) is 20.1. The highest BCUT2D eigenvalue weighted by atomic mass is 19.1. The van der Waals surface area contributed by atoms with Crippen molar-refractivity contribution in [1.82, 2.24) is 20.6 Å². The van der Waals surface area contributed by atoms with E-state index in [0.29, 0.717) is 30.8 Å². The number of oxazole rings is 1. The lowest BCUT2D eigenvalue weighted by molar-refractivity contribution is 0.572. The molecule has 7 nitrogen and oxygen atoms in total.